The van der Waals surface area contributed by atoms with E-state index in [-0.39, 0.29) is 12.6 Å². The molecule has 0 fully saturated rings. The summed E-state index contributed by atoms with van der Waals surface area (Å²) in [6.07, 6.45) is 1.13. The molecule has 0 radical (unpaired) electrons. The largest absolute Gasteiger partial charge is 0.461 e. The van der Waals surface area contributed by atoms with E-state index in [2.05, 4.69) is 35.7 Å². The zero-order valence-corrected chi connectivity index (χ0v) is 16.6. The summed E-state index contributed by atoms with van der Waals surface area (Å²) in [5, 5.41) is 3.10. The molecule has 7 nitrogen and oxygen atoms in total. The SMILES string of the molecule is C=CC(=O)OCCNc1ccc(C(=O)OCCN(C)CCN(C)CC)cc1. The smallest absolute Gasteiger partial charge is 0.338 e. The van der Waals surface area contributed by atoms with Crippen LogP contribution >= 0.6 is 0 Å². The first kappa shape index (κ1) is 22.7. The van der Waals surface area contributed by atoms with E-state index in [0.29, 0.717) is 25.3 Å². The number of hydrogen-bond acceptors (Lipinski definition) is 7. The lowest BCUT2D eigenvalue weighted by Gasteiger charge is -2.20. The van der Waals surface area contributed by atoms with Crippen LogP contribution < -0.4 is 5.32 Å². The third kappa shape index (κ3) is 9.77. The third-order valence-corrected chi connectivity index (χ3v) is 4.07. The monoisotopic (exact) mass is 377 g/mol. The van der Waals surface area contributed by atoms with Crippen LogP contribution in [-0.2, 0) is 14.3 Å². The van der Waals surface area contributed by atoms with Crippen LogP contribution in [0.25, 0.3) is 0 Å². The molecule has 0 atom stereocenters. The van der Waals surface area contributed by atoms with Gasteiger partial charge in [-0.25, -0.2) is 9.59 Å². The van der Waals surface area contributed by atoms with Crippen molar-refractivity contribution in [3.05, 3.63) is 42.5 Å². The minimum Gasteiger partial charge on any atom is -0.461 e. The normalized spacial score (nSPS) is 10.7. The Labute approximate surface area is 161 Å². The van der Waals surface area contributed by atoms with Gasteiger partial charge in [0.15, 0.2) is 0 Å². The lowest BCUT2D eigenvalue weighted by molar-refractivity contribution is -0.137. The quantitative estimate of drug-likeness (QED) is 0.320. The van der Waals surface area contributed by atoms with Gasteiger partial charge in [-0.15, -0.1) is 0 Å². The van der Waals surface area contributed by atoms with Gasteiger partial charge in [-0.3, -0.25) is 0 Å². The molecular weight excluding hydrogens is 346 g/mol. The Bertz CT molecular complexity index is 589. The molecule has 0 amide bonds. The Hall–Kier alpha value is -2.38. The average molecular weight is 377 g/mol. The highest BCUT2D eigenvalue weighted by molar-refractivity contribution is 5.89. The maximum absolute atomic E-state index is 12.1. The second kappa shape index (κ2) is 12.9. The highest BCUT2D eigenvalue weighted by Crippen LogP contribution is 2.10. The van der Waals surface area contributed by atoms with Crippen LogP contribution in [0.4, 0.5) is 5.69 Å². The fourth-order valence-corrected chi connectivity index (χ4v) is 2.12. The van der Waals surface area contributed by atoms with Crippen LogP contribution in [0.5, 0.6) is 0 Å². The van der Waals surface area contributed by atoms with Gasteiger partial charge < -0.3 is 24.6 Å². The van der Waals surface area contributed by atoms with E-state index in [0.717, 1.165) is 31.4 Å². The Morgan fingerprint density at radius 2 is 1.70 bits per heavy atom. The first-order valence-corrected chi connectivity index (χ1v) is 9.13. The minimum absolute atomic E-state index is 0.246. The maximum atomic E-state index is 12.1. The van der Waals surface area contributed by atoms with E-state index in [1.54, 1.807) is 24.3 Å². The molecular formula is C20H31N3O4. The van der Waals surface area contributed by atoms with Gasteiger partial charge in [0.25, 0.3) is 0 Å². The van der Waals surface area contributed by atoms with Gasteiger partial charge in [0.2, 0.25) is 0 Å². The van der Waals surface area contributed by atoms with Gasteiger partial charge in [0.1, 0.15) is 13.2 Å². The molecule has 1 aromatic carbocycles. The summed E-state index contributed by atoms with van der Waals surface area (Å²) in [5.41, 5.74) is 1.34. The highest BCUT2D eigenvalue weighted by atomic mass is 16.5. The van der Waals surface area contributed by atoms with Crippen LogP contribution in [0.3, 0.4) is 0 Å². The Morgan fingerprint density at radius 1 is 1.04 bits per heavy atom. The molecule has 0 aromatic heterocycles. The number of carbonyl (C=O) groups excluding carboxylic acids is 2. The van der Waals surface area contributed by atoms with E-state index in [1.165, 1.54) is 0 Å². The summed E-state index contributed by atoms with van der Waals surface area (Å²) >= 11 is 0. The van der Waals surface area contributed by atoms with E-state index >= 15 is 0 Å². The molecule has 0 aliphatic heterocycles. The van der Waals surface area contributed by atoms with Gasteiger partial charge in [0, 0.05) is 37.9 Å². The summed E-state index contributed by atoms with van der Waals surface area (Å²) < 4.78 is 10.2. The second-order valence-corrected chi connectivity index (χ2v) is 6.21. The molecule has 0 unspecified atom stereocenters. The maximum Gasteiger partial charge on any atom is 0.338 e. The fraction of sp³-hybridized carbons (Fsp3) is 0.500. The summed E-state index contributed by atoms with van der Waals surface area (Å²) in [6.45, 7) is 10.2. The molecule has 0 aliphatic carbocycles. The van der Waals surface area contributed by atoms with E-state index in [4.69, 9.17) is 9.47 Å². The van der Waals surface area contributed by atoms with Crippen LogP contribution in [-0.4, -0.2) is 81.8 Å². The number of anilines is 1. The van der Waals surface area contributed by atoms with Crippen LogP contribution in [0.1, 0.15) is 17.3 Å². The molecule has 0 heterocycles. The van der Waals surface area contributed by atoms with E-state index in [9.17, 15) is 9.59 Å². The topological polar surface area (TPSA) is 71.1 Å². The Morgan fingerprint density at radius 3 is 2.33 bits per heavy atom. The van der Waals surface area contributed by atoms with Gasteiger partial charge in [-0.1, -0.05) is 13.5 Å². The van der Waals surface area contributed by atoms with Gasteiger partial charge >= 0.3 is 11.9 Å². The molecule has 1 N–H and O–H groups in total. The highest BCUT2D eigenvalue weighted by Gasteiger charge is 2.08. The lowest BCUT2D eigenvalue weighted by atomic mass is 10.2. The van der Waals surface area contributed by atoms with Crippen molar-refractivity contribution in [2.24, 2.45) is 0 Å². The standard InChI is InChI=1S/C20H31N3O4/c1-5-19(24)26-15-11-21-18-9-7-17(8-10-18)20(25)27-16-14-23(4)13-12-22(3)6-2/h5,7-10,21H,1,6,11-16H2,2-4H3. The predicted molar refractivity (Wildman–Crippen MR) is 107 cm³/mol. The van der Waals surface area contributed by atoms with Gasteiger partial charge in [0.05, 0.1) is 5.56 Å². The number of esters is 2. The Kier molecular flexibility index (Phi) is 10.8. The second-order valence-electron chi connectivity index (χ2n) is 6.21. The summed E-state index contributed by atoms with van der Waals surface area (Å²) in [6, 6.07) is 7.00. The summed E-state index contributed by atoms with van der Waals surface area (Å²) in [5.74, 6) is -0.779. The molecule has 27 heavy (non-hydrogen) atoms. The van der Waals surface area contributed by atoms with Crippen molar-refractivity contribution in [3.8, 4) is 0 Å². The van der Waals surface area contributed by atoms with Crippen molar-refractivity contribution in [1.82, 2.24) is 9.80 Å². The number of benzene rings is 1. The molecule has 0 aliphatic rings. The number of rotatable bonds is 13. The number of ether oxygens (including phenoxy) is 2. The number of likely N-dealkylation sites (N-methyl/N-ethyl adjacent to an activating group) is 2. The van der Waals surface area contributed by atoms with Gasteiger partial charge in [-0.05, 0) is 44.9 Å². The molecule has 1 aromatic rings. The zero-order valence-electron chi connectivity index (χ0n) is 16.6. The van der Waals surface area contributed by atoms with Gasteiger partial charge in [-0.2, -0.15) is 0 Å². The van der Waals surface area contributed by atoms with Crippen LogP contribution in [0, 0.1) is 0 Å². The molecule has 0 spiro atoms. The third-order valence-electron chi connectivity index (χ3n) is 4.07. The predicted octanol–water partition coefficient (Wildman–Crippen LogP) is 1.87. The zero-order chi connectivity index (χ0) is 20.1. The van der Waals surface area contributed by atoms with Crippen molar-refractivity contribution in [2.45, 2.75) is 6.92 Å². The first-order valence-electron chi connectivity index (χ1n) is 9.13. The Balaban J connectivity index is 2.27. The summed E-state index contributed by atoms with van der Waals surface area (Å²) in [4.78, 5) is 27.4. The first-order chi connectivity index (χ1) is 13.0. The van der Waals surface area contributed by atoms with Crippen molar-refractivity contribution >= 4 is 17.6 Å². The van der Waals surface area contributed by atoms with Crippen LogP contribution in [0.2, 0.25) is 0 Å². The molecule has 0 saturated heterocycles. The molecule has 0 saturated carbocycles. The number of nitrogens with zero attached hydrogens (tertiary/aromatic N) is 2. The molecule has 1 rings (SSSR count). The summed E-state index contributed by atoms with van der Waals surface area (Å²) in [7, 11) is 4.10. The number of nitrogens with one attached hydrogen (secondary N) is 1. The lowest BCUT2D eigenvalue weighted by Crippen LogP contribution is -2.33. The fourth-order valence-electron chi connectivity index (χ4n) is 2.12. The molecule has 150 valence electrons. The molecule has 7 heteroatoms. The van der Waals surface area contributed by atoms with Crippen molar-refractivity contribution in [2.75, 3.05) is 65.3 Å². The average Bonchev–Trinajstić information content (AvgIpc) is 2.69. The van der Waals surface area contributed by atoms with Crippen molar-refractivity contribution in [1.29, 1.82) is 0 Å². The number of hydrogen-bond donors (Lipinski definition) is 1. The van der Waals surface area contributed by atoms with Crippen LogP contribution in [0.15, 0.2) is 36.9 Å². The van der Waals surface area contributed by atoms with Crippen molar-refractivity contribution in [3.63, 3.8) is 0 Å². The van der Waals surface area contributed by atoms with Crippen molar-refractivity contribution < 1.29 is 19.1 Å². The van der Waals surface area contributed by atoms with E-state index in [1.807, 2.05) is 7.05 Å². The minimum atomic E-state index is -0.446. The number of carbonyl (C=O) groups is 2. The molecule has 0 bridgehead atoms. The van der Waals surface area contributed by atoms with E-state index < -0.39 is 5.97 Å².